The molecule has 0 unspecified atom stereocenters. The van der Waals surface area contributed by atoms with Gasteiger partial charge in [-0.2, -0.15) is 0 Å². The van der Waals surface area contributed by atoms with Gasteiger partial charge in [0.25, 0.3) is 0 Å². The first-order valence-electron chi connectivity index (χ1n) is 9.13. The maximum Gasteiger partial charge on any atom is 0.305 e. The zero-order valence-electron chi connectivity index (χ0n) is 17.2. The third-order valence-electron chi connectivity index (χ3n) is 4.22. The van der Waals surface area contributed by atoms with Crippen LogP contribution in [0.1, 0.15) is 40.5 Å². The maximum absolute atomic E-state index is 11.9. The first-order valence-corrected chi connectivity index (χ1v) is 9.13. The number of ether oxygens (including phenoxy) is 5. The van der Waals surface area contributed by atoms with Gasteiger partial charge in [0.15, 0.2) is 12.2 Å². The summed E-state index contributed by atoms with van der Waals surface area (Å²) in [5.41, 5.74) is 0. The number of carbonyl (C=O) groups excluding carboxylic acids is 4. The van der Waals surface area contributed by atoms with Crippen molar-refractivity contribution < 1.29 is 42.9 Å². The summed E-state index contributed by atoms with van der Waals surface area (Å²) in [5, 5.41) is 0. The van der Waals surface area contributed by atoms with Crippen LogP contribution in [0.3, 0.4) is 0 Å². The van der Waals surface area contributed by atoms with Gasteiger partial charge in [0.2, 0.25) is 5.79 Å². The Labute approximate surface area is 170 Å². The fourth-order valence-electron chi connectivity index (χ4n) is 3.38. The van der Waals surface area contributed by atoms with Gasteiger partial charge < -0.3 is 23.7 Å². The molecule has 1 heterocycles. The van der Waals surface area contributed by atoms with Gasteiger partial charge in [-0.3, -0.25) is 19.2 Å². The van der Waals surface area contributed by atoms with Gasteiger partial charge in [-0.15, -0.1) is 13.2 Å². The smallest absolute Gasteiger partial charge is 0.305 e. The van der Waals surface area contributed by atoms with Crippen LogP contribution in [-0.2, 0) is 42.9 Å². The van der Waals surface area contributed by atoms with Crippen molar-refractivity contribution in [2.45, 2.75) is 64.6 Å². The summed E-state index contributed by atoms with van der Waals surface area (Å²) in [7, 11) is 0. The van der Waals surface area contributed by atoms with Crippen molar-refractivity contribution in [2.75, 3.05) is 6.61 Å². The topological polar surface area (TPSA) is 114 Å². The quantitative estimate of drug-likeness (QED) is 0.318. The summed E-state index contributed by atoms with van der Waals surface area (Å²) < 4.78 is 27.5. The highest BCUT2D eigenvalue weighted by atomic mass is 16.7. The van der Waals surface area contributed by atoms with E-state index in [-0.39, 0.29) is 19.4 Å². The Hall–Kier alpha value is -2.68. The zero-order chi connectivity index (χ0) is 22.2. The Bertz CT molecular complexity index is 656. The molecule has 0 aromatic carbocycles. The molecule has 0 aromatic rings. The summed E-state index contributed by atoms with van der Waals surface area (Å²) in [4.78, 5) is 46.7. The predicted molar refractivity (Wildman–Crippen MR) is 100 cm³/mol. The van der Waals surface area contributed by atoms with Crippen molar-refractivity contribution in [1.29, 1.82) is 0 Å². The van der Waals surface area contributed by atoms with E-state index >= 15 is 0 Å². The van der Waals surface area contributed by atoms with Crippen molar-refractivity contribution >= 4 is 23.9 Å². The molecule has 0 bridgehead atoms. The second-order valence-electron chi connectivity index (χ2n) is 6.64. The van der Waals surface area contributed by atoms with Crippen LogP contribution in [0.25, 0.3) is 0 Å². The fourth-order valence-corrected chi connectivity index (χ4v) is 3.38. The van der Waals surface area contributed by atoms with Crippen LogP contribution in [0.5, 0.6) is 0 Å². The lowest BCUT2D eigenvalue weighted by atomic mass is 9.80. The average Bonchev–Trinajstić information content (AvgIpc) is 2.58. The molecule has 0 saturated carbocycles. The Morgan fingerprint density at radius 3 is 1.93 bits per heavy atom. The Morgan fingerprint density at radius 2 is 1.48 bits per heavy atom. The monoisotopic (exact) mass is 412 g/mol. The van der Waals surface area contributed by atoms with Gasteiger partial charge in [-0.1, -0.05) is 12.2 Å². The van der Waals surface area contributed by atoms with Gasteiger partial charge >= 0.3 is 23.9 Å². The van der Waals surface area contributed by atoms with E-state index in [1.807, 2.05) is 0 Å². The van der Waals surface area contributed by atoms with Crippen molar-refractivity contribution in [2.24, 2.45) is 5.92 Å². The van der Waals surface area contributed by atoms with E-state index in [9.17, 15) is 19.2 Å². The van der Waals surface area contributed by atoms with E-state index in [1.54, 1.807) is 6.08 Å². The molecular weight excluding hydrogens is 384 g/mol. The highest BCUT2D eigenvalue weighted by Gasteiger charge is 2.58. The number of hydrogen-bond acceptors (Lipinski definition) is 9. The standard InChI is InChI=1S/C20H28O9/c1-7-9-16-18(26-13(4)22)19(27-14(5)23)17(11-25-12(3)21)29-20(16,10-8-2)28-15(6)24/h7-8,16-19H,1-2,9-11H2,3-6H3/t16-,17-,18-,19-,20+/m1/s1. The molecule has 1 rings (SSSR count). The van der Waals surface area contributed by atoms with Crippen LogP contribution in [0, 0.1) is 5.92 Å². The first-order chi connectivity index (χ1) is 13.6. The van der Waals surface area contributed by atoms with Gasteiger partial charge in [0.1, 0.15) is 12.7 Å². The number of allylic oxidation sites excluding steroid dienone is 1. The minimum atomic E-state index is -1.59. The Balaban J connectivity index is 3.54. The summed E-state index contributed by atoms with van der Waals surface area (Å²) in [6.45, 7) is 11.9. The van der Waals surface area contributed by atoms with E-state index < -0.39 is 53.9 Å². The highest BCUT2D eigenvalue weighted by Crippen LogP contribution is 2.43. The van der Waals surface area contributed by atoms with Crippen molar-refractivity contribution in [3.8, 4) is 0 Å². The lowest BCUT2D eigenvalue weighted by molar-refractivity contribution is -0.338. The van der Waals surface area contributed by atoms with Gasteiger partial charge in [0, 0.05) is 34.1 Å². The Morgan fingerprint density at radius 1 is 0.897 bits per heavy atom. The summed E-state index contributed by atoms with van der Waals surface area (Å²) in [5.74, 6) is -4.87. The molecule has 5 atom stereocenters. The third kappa shape index (κ3) is 6.70. The molecule has 1 aliphatic heterocycles. The molecule has 29 heavy (non-hydrogen) atoms. The largest absolute Gasteiger partial charge is 0.463 e. The second-order valence-corrected chi connectivity index (χ2v) is 6.64. The van der Waals surface area contributed by atoms with Crippen LogP contribution in [0.15, 0.2) is 25.3 Å². The molecule has 0 spiro atoms. The second kappa shape index (κ2) is 10.8. The van der Waals surface area contributed by atoms with E-state index in [2.05, 4.69) is 13.2 Å². The molecule has 0 radical (unpaired) electrons. The summed E-state index contributed by atoms with van der Waals surface area (Å²) in [6.07, 6.45) is 0.0652. The number of carbonyl (C=O) groups is 4. The van der Waals surface area contributed by atoms with Gasteiger partial charge in [-0.25, -0.2) is 0 Å². The molecule has 162 valence electrons. The lowest BCUT2D eigenvalue weighted by Gasteiger charge is -2.50. The molecule has 9 nitrogen and oxygen atoms in total. The minimum absolute atomic E-state index is 0.0478. The van der Waals surface area contributed by atoms with Crippen LogP contribution in [0.4, 0.5) is 0 Å². The number of esters is 4. The first kappa shape index (κ1) is 24.4. The maximum atomic E-state index is 11.9. The molecule has 0 aromatic heterocycles. The van der Waals surface area contributed by atoms with E-state index in [1.165, 1.54) is 33.8 Å². The summed E-state index contributed by atoms with van der Waals surface area (Å²) >= 11 is 0. The van der Waals surface area contributed by atoms with Crippen LogP contribution < -0.4 is 0 Å². The van der Waals surface area contributed by atoms with E-state index in [0.717, 1.165) is 0 Å². The van der Waals surface area contributed by atoms with Crippen molar-refractivity contribution in [3.05, 3.63) is 25.3 Å². The molecule has 0 amide bonds. The molecule has 0 aliphatic carbocycles. The summed E-state index contributed by atoms with van der Waals surface area (Å²) in [6, 6.07) is 0. The van der Waals surface area contributed by atoms with E-state index in [4.69, 9.17) is 23.7 Å². The third-order valence-corrected chi connectivity index (χ3v) is 4.22. The van der Waals surface area contributed by atoms with Crippen LogP contribution >= 0.6 is 0 Å². The fraction of sp³-hybridized carbons (Fsp3) is 0.600. The minimum Gasteiger partial charge on any atom is -0.463 e. The van der Waals surface area contributed by atoms with Crippen LogP contribution in [-0.4, -0.2) is 54.6 Å². The molecule has 0 N–H and O–H groups in total. The van der Waals surface area contributed by atoms with Gasteiger partial charge in [0.05, 0.1) is 5.92 Å². The average molecular weight is 412 g/mol. The number of rotatable bonds is 9. The number of hydrogen-bond donors (Lipinski definition) is 0. The van der Waals surface area contributed by atoms with Gasteiger partial charge in [-0.05, 0) is 6.42 Å². The normalized spacial score (nSPS) is 28.6. The zero-order valence-corrected chi connectivity index (χ0v) is 17.2. The molecule has 1 saturated heterocycles. The highest BCUT2D eigenvalue weighted by molar-refractivity contribution is 5.68. The van der Waals surface area contributed by atoms with E-state index in [0.29, 0.717) is 0 Å². The van der Waals surface area contributed by atoms with Crippen molar-refractivity contribution in [1.82, 2.24) is 0 Å². The molecule has 1 aliphatic rings. The van der Waals surface area contributed by atoms with Crippen LogP contribution in [0.2, 0.25) is 0 Å². The molecule has 1 fully saturated rings. The molecular formula is C20H28O9. The molecule has 9 heteroatoms. The SMILES string of the molecule is C=CC[C@@H]1[C@@H](OC(C)=O)[C@H](OC(C)=O)[C@@H](COC(C)=O)O[C@]1(CC=C)OC(C)=O. The van der Waals surface area contributed by atoms with Crippen molar-refractivity contribution in [3.63, 3.8) is 0 Å². The lowest BCUT2D eigenvalue weighted by Crippen LogP contribution is -2.65. The predicted octanol–water partition coefficient (Wildman–Crippen LogP) is 1.84. The Kier molecular flexibility index (Phi) is 9.03.